The zero-order chi connectivity index (χ0) is 27.4. The van der Waals surface area contributed by atoms with Crippen LogP contribution in [0, 0.1) is 18.2 Å². The molecule has 9 nitrogen and oxygen atoms in total. The van der Waals surface area contributed by atoms with Gasteiger partial charge in [0.15, 0.2) is 0 Å². The molecule has 1 saturated heterocycles. The number of rotatable bonds is 3. The summed E-state index contributed by atoms with van der Waals surface area (Å²) >= 11 is 0. The van der Waals surface area contributed by atoms with E-state index in [4.69, 9.17) is 0 Å². The molecule has 0 radical (unpaired) electrons. The first-order valence-electron chi connectivity index (χ1n) is 13.4. The Balaban J connectivity index is 1.39. The van der Waals surface area contributed by atoms with E-state index in [2.05, 4.69) is 20.9 Å². The van der Waals surface area contributed by atoms with Gasteiger partial charge in [0.2, 0.25) is 11.8 Å². The molecule has 0 unspecified atom stereocenters. The number of nitrogens with zero attached hydrogens (tertiary/aromatic N) is 4. The van der Waals surface area contributed by atoms with Gasteiger partial charge >= 0.3 is 0 Å². The van der Waals surface area contributed by atoms with Gasteiger partial charge in [-0.05, 0) is 55.5 Å². The van der Waals surface area contributed by atoms with Gasteiger partial charge in [-0.2, -0.15) is 0 Å². The molecule has 3 amide bonds. The molecule has 204 valence electrons. The number of carbonyl (C=O) groups is 3. The second-order valence-electron chi connectivity index (χ2n) is 10.5. The summed E-state index contributed by atoms with van der Waals surface area (Å²) in [7, 11) is 0. The van der Waals surface area contributed by atoms with Gasteiger partial charge in [0.1, 0.15) is 11.9 Å². The lowest BCUT2D eigenvalue weighted by Gasteiger charge is -2.41. The van der Waals surface area contributed by atoms with Crippen LogP contribution in [0.25, 0.3) is 0 Å². The molecular weight excluding hydrogens is 499 g/mol. The molecule has 2 aliphatic heterocycles. The van der Waals surface area contributed by atoms with E-state index in [1.807, 2.05) is 36.5 Å². The molecule has 1 aromatic heterocycles. The summed E-state index contributed by atoms with van der Waals surface area (Å²) in [6.45, 7) is 3.48. The lowest BCUT2D eigenvalue weighted by Crippen LogP contribution is -2.56. The minimum Gasteiger partial charge on any atom is -0.354 e. The molecule has 1 spiro atoms. The minimum atomic E-state index is -0.862. The normalized spacial score (nSPS) is 19.8. The Morgan fingerprint density at radius 3 is 2.62 bits per heavy atom. The first-order valence-corrected chi connectivity index (χ1v) is 13.4. The van der Waals surface area contributed by atoms with E-state index in [1.165, 1.54) is 18.2 Å². The molecule has 2 aliphatic rings. The van der Waals surface area contributed by atoms with Crippen molar-refractivity contribution in [1.82, 2.24) is 30.5 Å². The van der Waals surface area contributed by atoms with Crippen molar-refractivity contribution in [1.29, 1.82) is 0 Å². The predicted octanol–water partition coefficient (Wildman–Crippen LogP) is 2.44. The third-order valence-corrected chi connectivity index (χ3v) is 7.78. The Morgan fingerprint density at radius 1 is 1.10 bits per heavy atom. The first kappa shape index (κ1) is 26.5. The molecule has 10 heteroatoms. The number of likely N-dealkylation sites (tertiary alicyclic amines) is 1. The number of aryl methyl sites for hydroxylation is 2. The van der Waals surface area contributed by atoms with Crippen molar-refractivity contribution in [3.63, 3.8) is 0 Å². The quantitative estimate of drug-likeness (QED) is 0.539. The predicted molar refractivity (Wildman–Crippen MR) is 142 cm³/mol. The van der Waals surface area contributed by atoms with E-state index in [9.17, 15) is 18.8 Å². The summed E-state index contributed by atoms with van der Waals surface area (Å²) < 4.78 is 15.3. The third kappa shape index (κ3) is 6.00. The number of fused-ring (bicyclic) bond motifs is 2. The Kier molecular flexibility index (Phi) is 7.72. The Labute approximate surface area is 226 Å². The fraction of sp³-hybridized carbons (Fsp3) is 0.414. The van der Waals surface area contributed by atoms with Crippen LogP contribution in [0.3, 0.4) is 0 Å². The fourth-order valence-electron chi connectivity index (χ4n) is 5.48. The van der Waals surface area contributed by atoms with Crippen molar-refractivity contribution in [2.24, 2.45) is 5.41 Å². The number of halogens is 1. The number of amides is 3. The fourth-order valence-corrected chi connectivity index (χ4v) is 5.48. The van der Waals surface area contributed by atoms with Crippen molar-refractivity contribution < 1.29 is 18.8 Å². The van der Waals surface area contributed by atoms with Gasteiger partial charge in [-0.3, -0.25) is 19.1 Å². The minimum absolute atomic E-state index is 0.181. The largest absolute Gasteiger partial charge is 0.354 e. The van der Waals surface area contributed by atoms with Crippen molar-refractivity contribution in [3.8, 4) is 0 Å². The van der Waals surface area contributed by atoms with Crippen molar-refractivity contribution in [2.45, 2.75) is 51.6 Å². The van der Waals surface area contributed by atoms with Crippen LogP contribution in [-0.4, -0.2) is 63.3 Å². The number of carbonyl (C=O) groups excluding carboxylic acids is 3. The average molecular weight is 533 g/mol. The first-order chi connectivity index (χ1) is 18.8. The van der Waals surface area contributed by atoms with Crippen LogP contribution in [0.5, 0.6) is 0 Å². The number of benzene rings is 2. The van der Waals surface area contributed by atoms with Crippen LogP contribution < -0.4 is 10.6 Å². The lowest BCUT2D eigenvalue weighted by atomic mass is 9.73. The maximum atomic E-state index is 14.0. The van der Waals surface area contributed by atoms with E-state index in [0.29, 0.717) is 75.1 Å². The average Bonchev–Trinajstić information content (AvgIpc) is 3.37. The molecule has 2 bridgehead atoms. The van der Waals surface area contributed by atoms with E-state index in [0.717, 1.165) is 5.56 Å². The van der Waals surface area contributed by atoms with E-state index in [1.54, 1.807) is 16.5 Å². The molecule has 39 heavy (non-hydrogen) atoms. The molecule has 0 saturated carbocycles. The van der Waals surface area contributed by atoms with Gasteiger partial charge in [0.05, 0.1) is 11.1 Å². The number of nitrogens with one attached hydrogen (secondary N) is 2. The topological polar surface area (TPSA) is 109 Å². The highest BCUT2D eigenvalue weighted by molar-refractivity contribution is 5.96. The van der Waals surface area contributed by atoms with Crippen molar-refractivity contribution in [3.05, 3.63) is 82.9 Å². The molecule has 3 aromatic rings. The van der Waals surface area contributed by atoms with Gasteiger partial charge in [0, 0.05) is 50.8 Å². The molecule has 2 N–H and O–H groups in total. The van der Waals surface area contributed by atoms with Crippen molar-refractivity contribution in [2.75, 3.05) is 19.6 Å². The van der Waals surface area contributed by atoms with Crippen LogP contribution in [0.2, 0.25) is 0 Å². The highest BCUT2D eigenvalue weighted by atomic mass is 19.1. The monoisotopic (exact) mass is 532 g/mol. The van der Waals surface area contributed by atoms with Gasteiger partial charge in [-0.15, -0.1) is 5.10 Å². The van der Waals surface area contributed by atoms with Crippen molar-refractivity contribution >= 4 is 17.7 Å². The van der Waals surface area contributed by atoms with Gasteiger partial charge in [-0.25, -0.2) is 4.39 Å². The third-order valence-electron chi connectivity index (χ3n) is 7.78. The summed E-state index contributed by atoms with van der Waals surface area (Å²) in [5.41, 5.74) is 1.82. The molecule has 0 aliphatic carbocycles. The van der Waals surface area contributed by atoms with Gasteiger partial charge in [-0.1, -0.05) is 35.5 Å². The highest BCUT2D eigenvalue weighted by Crippen LogP contribution is 2.36. The maximum Gasteiger partial charge on any atom is 0.254 e. The molecular formula is C29H33FN6O3. The van der Waals surface area contributed by atoms with E-state index in [-0.39, 0.29) is 23.5 Å². The number of aromatic nitrogens is 3. The molecule has 2 aromatic carbocycles. The van der Waals surface area contributed by atoms with Gasteiger partial charge < -0.3 is 15.5 Å². The number of hydrogen-bond donors (Lipinski definition) is 2. The van der Waals surface area contributed by atoms with Crippen LogP contribution >= 0.6 is 0 Å². The van der Waals surface area contributed by atoms with E-state index >= 15 is 0 Å². The summed E-state index contributed by atoms with van der Waals surface area (Å²) in [6, 6.07) is 13.0. The zero-order valence-corrected chi connectivity index (χ0v) is 22.0. The Morgan fingerprint density at radius 2 is 1.87 bits per heavy atom. The van der Waals surface area contributed by atoms with Gasteiger partial charge in [0.25, 0.3) is 5.91 Å². The summed E-state index contributed by atoms with van der Waals surface area (Å²) in [5.74, 6) is -1.01. The number of hydrogen-bond acceptors (Lipinski definition) is 5. The maximum absolute atomic E-state index is 14.0. The summed E-state index contributed by atoms with van der Waals surface area (Å²) in [4.78, 5) is 42.1. The number of piperidine rings is 1. The molecule has 3 heterocycles. The second-order valence-corrected chi connectivity index (χ2v) is 10.5. The molecule has 1 fully saturated rings. The second kappa shape index (κ2) is 11.3. The smallest absolute Gasteiger partial charge is 0.254 e. The van der Waals surface area contributed by atoms with Crippen LogP contribution in [0.1, 0.15) is 46.4 Å². The van der Waals surface area contributed by atoms with Crippen LogP contribution in [0.15, 0.2) is 54.7 Å². The zero-order valence-electron chi connectivity index (χ0n) is 22.0. The lowest BCUT2D eigenvalue weighted by molar-refractivity contribution is -0.137. The highest BCUT2D eigenvalue weighted by Gasteiger charge is 2.44. The Hall–Kier alpha value is -4.08. The summed E-state index contributed by atoms with van der Waals surface area (Å²) in [6.07, 6.45) is 4.07. The molecule has 1 atom stereocenters. The Bertz CT molecular complexity index is 1350. The molecule has 5 rings (SSSR count). The van der Waals surface area contributed by atoms with Crippen LogP contribution in [0.4, 0.5) is 4.39 Å². The SMILES string of the molecule is Cc1cc(F)ccc1C(=O)N1CCC2(CC1)Cc1cn(nn1)CCCNC(=O)[C@H](Cc1ccccc1)NC2=O. The standard InChI is InChI=1S/C29H33FN6O3/c1-20-16-22(30)8-9-24(20)27(38)35-14-10-29(11-15-35)18-23-19-36(34-33-23)13-5-12-31-26(37)25(32-28(29)39)17-21-6-3-2-4-7-21/h2-4,6-9,16,19,25H,5,10-15,17-18H2,1H3,(H,31,37)(H,32,39)/t25-/m0/s1. The summed E-state index contributed by atoms with van der Waals surface area (Å²) in [5, 5.41) is 14.5. The van der Waals surface area contributed by atoms with Crippen LogP contribution in [-0.2, 0) is 29.0 Å². The van der Waals surface area contributed by atoms with E-state index < -0.39 is 11.5 Å².